The third-order valence-electron chi connectivity index (χ3n) is 5.36. The summed E-state index contributed by atoms with van der Waals surface area (Å²) in [6.07, 6.45) is 2.01. The third kappa shape index (κ3) is 3.88. The van der Waals surface area contributed by atoms with Crippen LogP contribution in [0.2, 0.25) is 0 Å². The highest BCUT2D eigenvalue weighted by atomic mass is 16.5. The van der Waals surface area contributed by atoms with E-state index in [4.69, 9.17) is 4.74 Å². The van der Waals surface area contributed by atoms with E-state index >= 15 is 0 Å². The minimum absolute atomic E-state index is 0.0263. The Kier molecular flexibility index (Phi) is 5.73. The second-order valence-electron chi connectivity index (χ2n) is 7.48. The molecule has 0 aliphatic carbocycles. The Morgan fingerprint density at radius 1 is 1.14 bits per heavy atom. The van der Waals surface area contributed by atoms with E-state index in [1.807, 2.05) is 24.3 Å². The first-order valence-corrected chi connectivity index (χ1v) is 9.71. The van der Waals surface area contributed by atoms with Crippen molar-refractivity contribution in [3.05, 3.63) is 64.7 Å². The summed E-state index contributed by atoms with van der Waals surface area (Å²) >= 11 is 0. The van der Waals surface area contributed by atoms with Gasteiger partial charge in [0.2, 0.25) is 0 Å². The van der Waals surface area contributed by atoms with Gasteiger partial charge in [-0.15, -0.1) is 0 Å². The molecule has 6 nitrogen and oxygen atoms in total. The van der Waals surface area contributed by atoms with E-state index in [2.05, 4.69) is 12.2 Å². The summed E-state index contributed by atoms with van der Waals surface area (Å²) < 4.78 is 5.35. The molecule has 1 fully saturated rings. The van der Waals surface area contributed by atoms with Crippen LogP contribution in [0.25, 0.3) is 0 Å². The Morgan fingerprint density at radius 3 is 2.41 bits per heavy atom. The number of methoxy groups -OCH3 is 1. The van der Waals surface area contributed by atoms with Crippen LogP contribution < -0.4 is 10.1 Å². The minimum Gasteiger partial charge on any atom is -0.496 e. The number of Topliss-reactive ketones (excluding diaryl/α,β-unsaturated/α-hetero) is 1. The summed E-state index contributed by atoms with van der Waals surface area (Å²) in [5.74, 6) is 0.0947. The van der Waals surface area contributed by atoms with Gasteiger partial charge in [0.05, 0.1) is 13.7 Å². The van der Waals surface area contributed by atoms with E-state index in [9.17, 15) is 14.4 Å². The predicted octanol–water partition coefficient (Wildman–Crippen LogP) is 3.82. The fourth-order valence-corrected chi connectivity index (χ4v) is 3.62. The average Bonchev–Trinajstić information content (AvgIpc) is 2.92. The number of hydrogen-bond acceptors (Lipinski definition) is 4. The van der Waals surface area contributed by atoms with Crippen LogP contribution in [0.3, 0.4) is 0 Å². The van der Waals surface area contributed by atoms with Crippen molar-refractivity contribution in [2.24, 2.45) is 0 Å². The molecule has 152 valence electrons. The zero-order valence-electron chi connectivity index (χ0n) is 17.2. The molecule has 0 spiro atoms. The molecule has 3 rings (SSSR count). The molecule has 0 aromatic heterocycles. The standard InChI is InChI=1S/C23H26N2O4/c1-5-6-16-7-10-19(11-8-16)23(3)21(27)25(22(28)24-23)14-18-13-17(15(2)26)9-12-20(18)29-4/h7-13H,5-6,14H2,1-4H3,(H,24,28)/t23-/m0/s1. The van der Waals surface area contributed by atoms with Crippen molar-refractivity contribution in [2.45, 2.75) is 45.7 Å². The molecule has 3 amide bonds. The topological polar surface area (TPSA) is 75.7 Å². The Bertz CT molecular complexity index is 952. The number of aryl methyl sites for hydroxylation is 1. The summed E-state index contributed by atoms with van der Waals surface area (Å²) in [4.78, 5) is 38.8. The van der Waals surface area contributed by atoms with Gasteiger partial charge in [0.1, 0.15) is 11.3 Å². The number of hydrogen-bond donors (Lipinski definition) is 1. The SMILES string of the molecule is CCCc1ccc([C@]2(C)NC(=O)N(Cc3cc(C(C)=O)ccc3OC)C2=O)cc1. The minimum atomic E-state index is -1.13. The van der Waals surface area contributed by atoms with E-state index in [1.165, 1.54) is 24.5 Å². The van der Waals surface area contributed by atoms with Crippen LogP contribution in [0.1, 0.15) is 54.2 Å². The molecule has 0 unspecified atom stereocenters. The number of carbonyl (C=O) groups is 3. The smallest absolute Gasteiger partial charge is 0.325 e. The second-order valence-corrected chi connectivity index (χ2v) is 7.48. The number of urea groups is 1. The lowest BCUT2D eigenvalue weighted by Gasteiger charge is -2.23. The summed E-state index contributed by atoms with van der Waals surface area (Å²) in [5, 5.41) is 2.82. The maximum absolute atomic E-state index is 13.2. The van der Waals surface area contributed by atoms with Crippen LogP contribution >= 0.6 is 0 Å². The highest BCUT2D eigenvalue weighted by Gasteiger charge is 2.49. The molecule has 1 heterocycles. The Hall–Kier alpha value is -3.15. The van der Waals surface area contributed by atoms with Crippen molar-refractivity contribution in [1.29, 1.82) is 0 Å². The molecule has 2 aromatic rings. The van der Waals surface area contributed by atoms with E-state index in [-0.39, 0.29) is 18.2 Å². The number of rotatable bonds is 7. The molecular formula is C23H26N2O4. The molecule has 0 saturated carbocycles. The predicted molar refractivity (Wildman–Crippen MR) is 110 cm³/mol. The molecule has 1 saturated heterocycles. The first kappa shape index (κ1) is 20.6. The van der Waals surface area contributed by atoms with Gasteiger partial charge in [-0.25, -0.2) is 4.79 Å². The molecule has 1 aliphatic rings. The molecule has 6 heteroatoms. The molecule has 29 heavy (non-hydrogen) atoms. The van der Waals surface area contributed by atoms with Gasteiger partial charge in [0.25, 0.3) is 5.91 Å². The number of benzene rings is 2. The van der Waals surface area contributed by atoms with Gasteiger partial charge in [0, 0.05) is 11.1 Å². The zero-order valence-corrected chi connectivity index (χ0v) is 17.2. The highest BCUT2D eigenvalue weighted by molar-refractivity contribution is 6.07. The first-order valence-electron chi connectivity index (χ1n) is 9.71. The van der Waals surface area contributed by atoms with Crippen LogP contribution in [-0.2, 0) is 23.3 Å². The van der Waals surface area contributed by atoms with Gasteiger partial charge >= 0.3 is 6.03 Å². The summed E-state index contributed by atoms with van der Waals surface area (Å²) in [6.45, 7) is 5.32. The normalized spacial score (nSPS) is 18.7. The van der Waals surface area contributed by atoms with E-state index in [1.54, 1.807) is 25.1 Å². The average molecular weight is 394 g/mol. The zero-order chi connectivity index (χ0) is 21.2. The van der Waals surface area contributed by atoms with Crippen LogP contribution in [-0.4, -0.2) is 29.7 Å². The molecule has 1 atom stereocenters. The highest BCUT2D eigenvalue weighted by Crippen LogP contribution is 2.31. The Morgan fingerprint density at radius 2 is 1.83 bits per heavy atom. The van der Waals surface area contributed by atoms with Crippen LogP contribution in [0.15, 0.2) is 42.5 Å². The van der Waals surface area contributed by atoms with Gasteiger partial charge in [0.15, 0.2) is 5.78 Å². The maximum Gasteiger partial charge on any atom is 0.325 e. The third-order valence-corrected chi connectivity index (χ3v) is 5.36. The Balaban J connectivity index is 1.89. The largest absolute Gasteiger partial charge is 0.496 e. The van der Waals surface area contributed by atoms with Crippen molar-refractivity contribution >= 4 is 17.7 Å². The summed E-state index contributed by atoms with van der Waals surface area (Å²) in [6, 6.07) is 12.3. The van der Waals surface area contributed by atoms with E-state index < -0.39 is 11.6 Å². The van der Waals surface area contributed by atoms with Crippen molar-refractivity contribution in [3.8, 4) is 5.75 Å². The maximum atomic E-state index is 13.2. The molecular weight excluding hydrogens is 368 g/mol. The molecule has 2 aromatic carbocycles. The lowest BCUT2D eigenvalue weighted by Crippen LogP contribution is -2.40. The molecule has 1 N–H and O–H groups in total. The lowest BCUT2D eigenvalue weighted by molar-refractivity contribution is -0.131. The number of ether oxygens (including phenoxy) is 1. The number of imide groups is 1. The summed E-state index contributed by atoms with van der Waals surface area (Å²) in [7, 11) is 1.51. The van der Waals surface area contributed by atoms with Crippen molar-refractivity contribution < 1.29 is 19.1 Å². The van der Waals surface area contributed by atoms with Crippen molar-refractivity contribution in [1.82, 2.24) is 10.2 Å². The Labute approximate surface area is 170 Å². The number of nitrogens with zero attached hydrogens (tertiary/aromatic N) is 1. The van der Waals surface area contributed by atoms with Gasteiger partial charge < -0.3 is 10.1 Å². The number of nitrogens with one attached hydrogen (secondary N) is 1. The van der Waals surface area contributed by atoms with Gasteiger partial charge in [-0.1, -0.05) is 37.6 Å². The van der Waals surface area contributed by atoms with Crippen molar-refractivity contribution in [2.75, 3.05) is 7.11 Å². The van der Waals surface area contributed by atoms with E-state index in [0.29, 0.717) is 16.9 Å². The number of carbonyl (C=O) groups excluding carboxylic acids is 3. The van der Waals surface area contributed by atoms with Crippen LogP contribution in [0, 0.1) is 0 Å². The van der Waals surface area contributed by atoms with Crippen molar-refractivity contribution in [3.63, 3.8) is 0 Å². The molecule has 0 radical (unpaired) electrons. The van der Waals surface area contributed by atoms with Crippen LogP contribution in [0.5, 0.6) is 5.75 Å². The molecule has 0 bridgehead atoms. The molecule has 1 aliphatic heterocycles. The van der Waals surface area contributed by atoms with Gasteiger partial charge in [-0.3, -0.25) is 14.5 Å². The quantitative estimate of drug-likeness (QED) is 0.572. The van der Waals surface area contributed by atoms with Gasteiger partial charge in [-0.2, -0.15) is 0 Å². The first-order chi connectivity index (χ1) is 13.8. The van der Waals surface area contributed by atoms with Gasteiger partial charge in [-0.05, 0) is 49.6 Å². The monoisotopic (exact) mass is 394 g/mol. The fourth-order valence-electron chi connectivity index (χ4n) is 3.62. The lowest BCUT2D eigenvalue weighted by atomic mass is 9.91. The second kappa shape index (κ2) is 8.07. The number of ketones is 1. The summed E-state index contributed by atoms with van der Waals surface area (Å²) in [5.41, 5.74) is 1.91. The van der Waals surface area contributed by atoms with E-state index in [0.717, 1.165) is 18.4 Å². The fraction of sp³-hybridized carbons (Fsp3) is 0.348. The number of amides is 3. The van der Waals surface area contributed by atoms with Crippen LogP contribution in [0.4, 0.5) is 4.79 Å².